The van der Waals surface area contributed by atoms with Gasteiger partial charge in [0, 0.05) is 22.8 Å². The van der Waals surface area contributed by atoms with Gasteiger partial charge in [-0.15, -0.1) is 0 Å². The Labute approximate surface area is 282 Å². The Morgan fingerprint density at radius 1 is 0.872 bits per heavy atom. The van der Waals surface area contributed by atoms with Gasteiger partial charge in [-0.05, 0) is 101 Å². The van der Waals surface area contributed by atoms with Gasteiger partial charge >= 0.3 is 0 Å². The van der Waals surface area contributed by atoms with Crippen molar-refractivity contribution in [2.45, 2.75) is 47.0 Å². The molecule has 0 saturated heterocycles. The largest absolute Gasteiger partial charge is 0.351 e. The number of rotatable bonds is 11. The number of hydrogen-bond acceptors (Lipinski definition) is 4. The number of halogens is 1. The maximum absolute atomic E-state index is 13.9. The Balaban J connectivity index is 1.57. The number of anilines is 1. The zero-order valence-corrected chi connectivity index (χ0v) is 28.9. The van der Waals surface area contributed by atoms with Crippen molar-refractivity contribution in [3.63, 3.8) is 0 Å². The summed E-state index contributed by atoms with van der Waals surface area (Å²) < 4.78 is 30.8. The maximum Gasteiger partial charge on any atom is 0.266 e. The van der Waals surface area contributed by atoms with Gasteiger partial charge in [-0.25, -0.2) is 0 Å². The summed E-state index contributed by atoms with van der Waals surface area (Å²) in [5.41, 5.74) is 8.05. The molecule has 0 spiro atoms. The molecule has 0 radical (unpaired) electrons. The minimum atomic E-state index is -4.17. The first-order chi connectivity index (χ1) is 22.1. The quantitative estimate of drug-likeness (QED) is 0.139. The minimum Gasteiger partial charge on any atom is -0.351 e. The van der Waals surface area contributed by atoms with Crippen LogP contribution in [0.25, 0.3) is 17.2 Å². The average Bonchev–Trinajstić information content (AvgIpc) is 2.99. The molecule has 2 amide bonds. The fraction of sp³-hybridized carbons (Fsp3) is 0.263. The van der Waals surface area contributed by atoms with Crippen molar-refractivity contribution < 1.29 is 22.6 Å². The van der Waals surface area contributed by atoms with Crippen molar-refractivity contribution in [2.24, 2.45) is 5.41 Å². The second kappa shape index (κ2) is 15.1. The van der Waals surface area contributed by atoms with Gasteiger partial charge in [0.2, 0.25) is 5.91 Å². The molecule has 1 atom stereocenters. The molecule has 0 saturated carbocycles. The standard InChI is InChI=1S/C38H41ClN2O5S/c1-25-22-31(39)14-16-33(25)34-17-15-32(23-26(34)2)41-37(43)35(29-10-6-27(7-11-29)18-19-38(3,4)5)24-28-8-12-30(13-9-28)36(42)40-20-21-47(44,45)46/h6-19,22-23,35H,20-21,24H2,1-5H3,(H,40,42)(H,41,43)(H,44,45,46). The van der Waals surface area contributed by atoms with E-state index in [1.54, 1.807) is 24.3 Å². The number of nitrogens with one attached hydrogen (secondary N) is 2. The van der Waals surface area contributed by atoms with E-state index in [0.29, 0.717) is 22.7 Å². The lowest BCUT2D eigenvalue weighted by molar-refractivity contribution is -0.117. The van der Waals surface area contributed by atoms with E-state index in [1.165, 1.54) is 0 Å². The summed E-state index contributed by atoms with van der Waals surface area (Å²) in [5, 5.41) is 6.29. The Bertz CT molecular complexity index is 1880. The van der Waals surface area contributed by atoms with Crippen LogP contribution in [0.1, 0.15) is 64.9 Å². The van der Waals surface area contributed by atoms with Crippen molar-refractivity contribution in [1.29, 1.82) is 0 Å². The molecule has 1 unspecified atom stereocenters. The lowest BCUT2D eigenvalue weighted by Crippen LogP contribution is -2.28. The lowest BCUT2D eigenvalue weighted by atomic mass is 9.89. The van der Waals surface area contributed by atoms with Crippen molar-refractivity contribution in [3.05, 3.63) is 129 Å². The predicted octanol–water partition coefficient (Wildman–Crippen LogP) is 8.27. The van der Waals surface area contributed by atoms with Gasteiger partial charge in [-0.1, -0.05) is 93.1 Å². The Kier molecular flexibility index (Phi) is 11.4. The normalized spacial score (nSPS) is 12.6. The number of aryl methyl sites for hydroxylation is 2. The van der Waals surface area contributed by atoms with Gasteiger partial charge < -0.3 is 10.6 Å². The topological polar surface area (TPSA) is 113 Å². The second-order valence-electron chi connectivity index (χ2n) is 12.8. The lowest BCUT2D eigenvalue weighted by Gasteiger charge is -2.19. The van der Waals surface area contributed by atoms with E-state index in [-0.39, 0.29) is 17.9 Å². The van der Waals surface area contributed by atoms with Crippen molar-refractivity contribution in [1.82, 2.24) is 5.32 Å². The highest BCUT2D eigenvalue weighted by Gasteiger charge is 2.22. The van der Waals surface area contributed by atoms with Gasteiger partial charge in [0.05, 0.1) is 11.7 Å². The molecule has 246 valence electrons. The number of hydrogen-bond donors (Lipinski definition) is 3. The second-order valence-corrected chi connectivity index (χ2v) is 14.8. The Morgan fingerprint density at radius 2 is 1.49 bits per heavy atom. The first-order valence-electron chi connectivity index (χ1n) is 15.4. The fourth-order valence-electron chi connectivity index (χ4n) is 5.17. The van der Waals surface area contributed by atoms with E-state index in [1.807, 2.05) is 74.5 Å². The minimum absolute atomic E-state index is 0.0423. The van der Waals surface area contributed by atoms with Gasteiger partial charge in [-0.2, -0.15) is 8.42 Å². The Hall–Kier alpha value is -4.24. The van der Waals surface area contributed by atoms with E-state index in [2.05, 4.69) is 43.6 Å². The van der Waals surface area contributed by atoms with E-state index in [4.69, 9.17) is 16.2 Å². The molecule has 3 N–H and O–H groups in total. The third-order valence-electron chi connectivity index (χ3n) is 7.71. The molecule has 0 aromatic heterocycles. The van der Waals surface area contributed by atoms with Crippen LogP contribution in [0.2, 0.25) is 5.02 Å². The van der Waals surface area contributed by atoms with E-state index in [9.17, 15) is 18.0 Å². The molecule has 9 heteroatoms. The van der Waals surface area contributed by atoms with E-state index in [0.717, 1.165) is 38.9 Å². The number of benzene rings is 4. The molecule has 0 aliphatic rings. The fourth-order valence-corrected chi connectivity index (χ4v) is 5.76. The predicted molar refractivity (Wildman–Crippen MR) is 192 cm³/mol. The average molecular weight is 673 g/mol. The van der Waals surface area contributed by atoms with Crippen LogP contribution in [0, 0.1) is 19.3 Å². The first kappa shape index (κ1) is 35.6. The van der Waals surface area contributed by atoms with Crippen LogP contribution in [-0.2, 0) is 21.3 Å². The van der Waals surface area contributed by atoms with Crippen LogP contribution < -0.4 is 10.6 Å². The smallest absolute Gasteiger partial charge is 0.266 e. The number of carbonyl (C=O) groups excluding carboxylic acids is 2. The molecule has 7 nitrogen and oxygen atoms in total. The third-order valence-corrected chi connectivity index (χ3v) is 8.66. The van der Waals surface area contributed by atoms with Crippen LogP contribution >= 0.6 is 11.6 Å². The summed E-state index contributed by atoms with van der Waals surface area (Å²) in [5.74, 6) is -1.71. The van der Waals surface area contributed by atoms with Crippen LogP contribution in [0.5, 0.6) is 0 Å². The van der Waals surface area contributed by atoms with Crippen LogP contribution in [0.3, 0.4) is 0 Å². The number of carbonyl (C=O) groups is 2. The highest BCUT2D eigenvalue weighted by atomic mass is 35.5. The molecular formula is C38H41ClN2O5S. The first-order valence-corrected chi connectivity index (χ1v) is 17.4. The maximum atomic E-state index is 13.9. The molecule has 4 rings (SSSR count). The molecule has 0 fully saturated rings. The monoisotopic (exact) mass is 672 g/mol. The SMILES string of the molecule is Cc1cc(Cl)ccc1-c1ccc(NC(=O)C(Cc2ccc(C(=O)NCCS(=O)(=O)O)cc2)c2ccc(C=CC(C)(C)C)cc2)cc1C. The number of amides is 2. The summed E-state index contributed by atoms with van der Waals surface area (Å²) >= 11 is 6.17. The van der Waals surface area contributed by atoms with Gasteiger partial charge in [-0.3, -0.25) is 14.1 Å². The van der Waals surface area contributed by atoms with Gasteiger partial charge in [0.15, 0.2) is 0 Å². The molecule has 47 heavy (non-hydrogen) atoms. The summed E-state index contributed by atoms with van der Waals surface area (Å²) in [4.78, 5) is 26.4. The molecule has 4 aromatic carbocycles. The van der Waals surface area contributed by atoms with Gasteiger partial charge in [0.1, 0.15) is 0 Å². The van der Waals surface area contributed by atoms with Crippen LogP contribution in [0.4, 0.5) is 5.69 Å². The van der Waals surface area contributed by atoms with Crippen LogP contribution in [0.15, 0.2) is 91.0 Å². The summed E-state index contributed by atoms with van der Waals surface area (Å²) in [6.45, 7) is 10.2. The summed E-state index contributed by atoms with van der Waals surface area (Å²) in [7, 11) is -4.17. The van der Waals surface area contributed by atoms with Crippen molar-refractivity contribution in [3.8, 4) is 11.1 Å². The summed E-state index contributed by atoms with van der Waals surface area (Å²) in [6, 6.07) is 26.5. The molecule has 0 aliphatic heterocycles. The van der Waals surface area contributed by atoms with Crippen molar-refractivity contribution >= 4 is 45.3 Å². The highest BCUT2D eigenvalue weighted by molar-refractivity contribution is 7.85. The highest BCUT2D eigenvalue weighted by Crippen LogP contribution is 2.31. The van der Waals surface area contributed by atoms with E-state index >= 15 is 0 Å². The summed E-state index contributed by atoms with van der Waals surface area (Å²) in [6.07, 6.45) is 4.60. The molecule has 0 bridgehead atoms. The van der Waals surface area contributed by atoms with Gasteiger partial charge in [0.25, 0.3) is 16.0 Å². The zero-order chi connectivity index (χ0) is 34.4. The van der Waals surface area contributed by atoms with E-state index < -0.39 is 27.7 Å². The Morgan fingerprint density at radius 3 is 2.06 bits per heavy atom. The van der Waals surface area contributed by atoms with Crippen molar-refractivity contribution in [2.75, 3.05) is 17.6 Å². The van der Waals surface area contributed by atoms with Crippen LogP contribution in [-0.4, -0.2) is 37.1 Å². The number of allylic oxidation sites excluding steroid dienone is 1. The molecule has 4 aromatic rings. The third kappa shape index (κ3) is 10.6. The molecule has 0 heterocycles. The molecule has 0 aliphatic carbocycles. The molecular weight excluding hydrogens is 632 g/mol. The zero-order valence-electron chi connectivity index (χ0n) is 27.3.